The predicted molar refractivity (Wildman–Crippen MR) is 77.4 cm³/mol. The van der Waals surface area contributed by atoms with Crippen molar-refractivity contribution < 1.29 is 4.74 Å². The number of hydrogen-bond acceptors (Lipinski definition) is 4. The van der Waals surface area contributed by atoms with Gasteiger partial charge in [0.05, 0.1) is 11.1 Å². The van der Waals surface area contributed by atoms with Crippen LogP contribution in [0.25, 0.3) is 10.9 Å². The van der Waals surface area contributed by atoms with Crippen LogP contribution in [0.1, 0.15) is 5.56 Å². The van der Waals surface area contributed by atoms with E-state index in [1.807, 2.05) is 30.3 Å². The summed E-state index contributed by atoms with van der Waals surface area (Å²) in [5.74, 6) is 1.15. The number of nitrogens with zero attached hydrogens (tertiary/aromatic N) is 2. The molecule has 2 N–H and O–H groups in total. The first kappa shape index (κ1) is 12.0. The van der Waals surface area contributed by atoms with Crippen molar-refractivity contribution in [2.45, 2.75) is 0 Å². The van der Waals surface area contributed by atoms with Gasteiger partial charge < -0.3 is 10.5 Å². The molecule has 0 bridgehead atoms. The Balaban J connectivity index is 2.08. The SMILES string of the molecule is N#Cc1cc(N)ccc1Oc1cccc2ncccc12. The van der Waals surface area contributed by atoms with Gasteiger partial charge >= 0.3 is 0 Å². The molecule has 20 heavy (non-hydrogen) atoms. The minimum absolute atomic E-state index is 0.408. The van der Waals surface area contributed by atoms with E-state index in [-0.39, 0.29) is 0 Å². The normalized spacial score (nSPS) is 10.2. The van der Waals surface area contributed by atoms with E-state index in [0.29, 0.717) is 22.7 Å². The molecule has 96 valence electrons. The average molecular weight is 261 g/mol. The summed E-state index contributed by atoms with van der Waals surface area (Å²) in [7, 11) is 0. The lowest BCUT2D eigenvalue weighted by molar-refractivity contribution is 0.487. The van der Waals surface area contributed by atoms with Gasteiger partial charge in [0.25, 0.3) is 0 Å². The van der Waals surface area contributed by atoms with E-state index in [1.165, 1.54) is 0 Å². The molecule has 0 amide bonds. The summed E-state index contributed by atoms with van der Waals surface area (Å²) in [5.41, 5.74) is 7.46. The second-order valence-corrected chi connectivity index (χ2v) is 4.30. The van der Waals surface area contributed by atoms with Gasteiger partial charge in [-0.05, 0) is 42.5 Å². The van der Waals surface area contributed by atoms with Crippen LogP contribution in [-0.2, 0) is 0 Å². The van der Waals surface area contributed by atoms with Gasteiger partial charge in [0.2, 0.25) is 0 Å². The van der Waals surface area contributed by atoms with Gasteiger partial charge in [0.15, 0.2) is 0 Å². The van der Waals surface area contributed by atoms with Crippen LogP contribution in [0.2, 0.25) is 0 Å². The van der Waals surface area contributed by atoms with Crippen molar-refractivity contribution in [2.75, 3.05) is 5.73 Å². The number of fused-ring (bicyclic) bond motifs is 1. The zero-order valence-electron chi connectivity index (χ0n) is 10.6. The van der Waals surface area contributed by atoms with Gasteiger partial charge in [-0.1, -0.05) is 6.07 Å². The van der Waals surface area contributed by atoms with Crippen molar-refractivity contribution in [3.63, 3.8) is 0 Å². The number of nitrogen functional groups attached to an aromatic ring is 1. The molecule has 4 heteroatoms. The first-order chi connectivity index (χ1) is 9.78. The molecule has 3 rings (SSSR count). The zero-order valence-corrected chi connectivity index (χ0v) is 10.6. The maximum atomic E-state index is 9.14. The van der Waals surface area contributed by atoms with Crippen molar-refractivity contribution >= 4 is 16.6 Å². The maximum Gasteiger partial charge on any atom is 0.145 e. The molecular weight excluding hydrogens is 250 g/mol. The Morgan fingerprint density at radius 3 is 2.80 bits per heavy atom. The number of aromatic nitrogens is 1. The molecule has 2 aromatic carbocycles. The second-order valence-electron chi connectivity index (χ2n) is 4.30. The summed E-state index contributed by atoms with van der Waals surface area (Å²) in [6, 6.07) is 16.5. The number of anilines is 1. The van der Waals surface area contributed by atoms with Gasteiger partial charge in [0, 0.05) is 17.3 Å². The molecule has 1 heterocycles. The third-order valence-corrected chi connectivity index (χ3v) is 2.95. The Bertz CT molecular complexity index is 816. The first-order valence-electron chi connectivity index (χ1n) is 6.09. The van der Waals surface area contributed by atoms with Crippen LogP contribution >= 0.6 is 0 Å². The van der Waals surface area contributed by atoms with Crippen LogP contribution < -0.4 is 10.5 Å². The first-order valence-corrected chi connectivity index (χ1v) is 6.09. The Morgan fingerprint density at radius 1 is 1.05 bits per heavy atom. The van der Waals surface area contributed by atoms with Gasteiger partial charge in [-0.3, -0.25) is 4.98 Å². The zero-order chi connectivity index (χ0) is 13.9. The summed E-state index contributed by atoms with van der Waals surface area (Å²) < 4.78 is 5.85. The molecule has 0 unspecified atom stereocenters. The highest BCUT2D eigenvalue weighted by Gasteiger charge is 2.08. The van der Waals surface area contributed by atoms with Crippen molar-refractivity contribution in [2.24, 2.45) is 0 Å². The van der Waals surface area contributed by atoms with E-state index in [4.69, 9.17) is 15.7 Å². The van der Waals surface area contributed by atoms with Crippen LogP contribution in [0, 0.1) is 11.3 Å². The fourth-order valence-electron chi connectivity index (χ4n) is 2.01. The minimum atomic E-state index is 0.408. The van der Waals surface area contributed by atoms with Crippen LogP contribution in [0.4, 0.5) is 5.69 Å². The van der Waals surface area contributed by atoms with E-state index in [2.05, 4.69) is 11.1 Å². The molecular formula is C16H11N3O. The van der Waals surface area contributed by atoms with Crippen molar-refractivity contribution in [3.8, 4) is 17.6 Å². The van der Waals surface area contributed by atoms with Gasteiger partial charge in [0.1, 0.15) is 17.6 Å². The number of benzene rings is 2. The molecule has 0 saturated carbocycles. The highest BCUT2D eigenvalue weighted by molar-refractivity contribution is 5.85. The van der Waals surface area contributed by atoms with Crippen LogP contribution in [0.15, 0.2) is 54.7 Å². The average Bonchev–Trinajstić information content (AvgIpc) is 2.49. The van der Waals surface area contributed by atoms with E-state index in [0.717, 1.165) is 10.9 Å². The largest absolute Gasteiger partial charge is 0.455 e. The third-order valence-electron chi connectivity index (χ3n) is 2.95. The number of pyridine rings is 1. The molecule has 0 spiro atoms. The molecule has 0 aliphatic rings. The Kier molecular flexibility index (Phi) is 2.94. The number of hydrogen-bond donors (Lipinski definition) is 1. The van der Waals surface area contributed by atoms with E-state index < -0.39 is 0 Å². The summed E-state index contributed by atoms with van der Waals surface area (Å²) in [4.78, 5) is 4.28. The Hall–Kier alpha value is -3.06. The molecule has 0 atom stereocenters. The van der Waals surface area contributed by atoms with Gasteiger partial charge in [-0.15, -0.1) is 0 Å². The number of rotatable bonds is 2. The van der Waals surface area contributed by atoms with E-state index in [9.17, 15) is 0 Å². The summed E-state index contributed by atoms with van der Waals surface area (Å²) in [6.07, 6.45) is 1.73. The lowest BCUT2D eigenvalue weighted by Gasteiger charge is -2.10. The molecule has 0 aliphatic heterocycles. The molecule has 0 saturated heterocycles. The molecule has 3 aromatic rings. The fourth-order valence-corrected chi connectivity index (χ4v) is 2.01. The highest BCUT2D eigenvalue weighted by atomic mass is 16.5. The predicted octanol–water partition coefficient (Wildman–Crippen LogP) is 3.48. The second kappa shape index (κ2) is 4.90. The Labute approximate surface area is 116 Å². The van der Waals surface area contributed by atoms with Crippen molar-refractivity contribution in [1.29, 1.82) is 5.26 Å². The summed E-state index contributed by atoms with van der Waals surface area (Å²) in [6.45, 7) is 0. The number of ether oxygens (including phenoxy) is 1. The standard InChI is InChI=1S/C16H11N3O/c17-10-11-9-12(18)6-7-15(11)20-16-5-1-4-14-13(16)3-2-8-19-14/h1-9H,18H2. The molecule has 1 aromatic heterocycles. The lowest BCUT2D eigenvalue weighted by Crippen LogP contribution is -1.92. The topological polar surface area (TPSA) is 71.9 Å². The van der Waals surface area contributed by atoms with Crippen LogP contribution in [-0.4, -0.2) is 4.98 Å². The molecule has 4 nitrogen and oxygen atoms in total. The monoisotopic (exact) mass is 261 g/mol. The van der Waals surface area contributed by atoms with Gasteiger partial charge in [-0.25, -0.2) is 0 Å². The minimum Gasteiger partial charge on any atom is -0.455 e. The van der Waals surface area contributed by atoms with Gasteiger partial charge in [-0.2, -0.15) is 5.26 Å². The van der Waals surface area contributed by atoms with E-state index >= 15 is 0 Å². The molecule has 0 aliphatic carbocycles. The van der Waals surface area contributed by atoms with Crippen LogP contribution in [0.5, 0.6) is 11.5 Å². The van der Waals surface area contributed by atoms with Crippen LogP contribution in [0.3, 0.4) is 0 Å². The fraction of sp³-hybridized carbons (Fsp3) is 0. The summed E-state index contributed by atoms with van der Waals surface area (Å²) >= 11 is 0. The van der Waals surface area contributed by atoms with Crippen molar-refractivity contribution in [1.82, 2.24) is 4.98 Å². The van der Waals surface area contributed by atoms with E-state index in [1.54, 1.807) is 24.4 Å². The smallest absolute Gasteiger partial charge is 0.145 e. The lowest BCUT2D eigenvalue weighted by atomic mass is 10.2. The molecule has 0 fully saturated rings. The third kappa shape index (κ3) is 2.13. The summed E-state index contributed by atoms with van der Waals surface area (Å²) in [5, 5.41) is 10.0. The number of nitriles is 1. The quantitative estimate of drug-likeness (QED) is 0.717. The highest BCUT2D eigenvalue weighted by Crippen LogP contribution is 2.31. The molecule has 0 radical (unpaired) electrons. The Morgan fingerprint density at radius 2 is 1.95 bits per heavy atom. The maximum absolute atomic E-state index is 9.14. The van der Waals surface area contributed by atoms with Crippen molar-refractivity contribution in [3.05, 3.63) is 60.3 Å². The number of nitrogens with two attached hydrogens (primary N) is 1.